The number of amides is 1. The van der Waals surface area contributed by atoms with Gasteiger partial charge in [0.2, 0.25) is 0 Å². The molecule has 0 aliphatic rings. The van der Waals surface area contributed by atoms with Crippen molar-refractivity contribution in [2.24, 2.45) is 0 Å². The number of aromatic nitrogens is 2. The summed E-state index contributed by atoms with van der Waals surface area (Å²) in [6.07, 6.45) is 1.70. The van der Waals surface area contributed by atoms with E-state index in [0.29, 0.717) is 17.0 Å². The third-order valence-corrected chi connectivity index (χ3v) is 3.10. The van der Waals surface area contributed by atoms with Gasteiger partial charge in [-0.15, -0.1) is 0 Å². The Morgan fingerprint density at radius 1 is 1.25 bits per heavy atom. The van der Waals surface area contributed by atoms with Crippen LogP contribution in [-0.4, -0.2) is 37.2 Å². The molecule has 0 aliphatic heterocycles. The molecule has 0 radical (unpaired) electrons. The molecule has 0 spiro atoms. The van der Waals surface area contributed by atoms with Crippen molar-refractivity contribution in [2.75, 3.05) is 30.9 Å². The molecule has 106 valence electrons. The minimum absolute atomic E-state index is 0.155. The van der Waals surface area contributed by atoms with Crippen molar-refractivity contribution in [3.8, 4) is 0 Å². The van der Waals surface area contributed by atoms with Gasteiger partial charge in [0.1, 0.15) is 11.3 Å². The van der Waals surface area contributed by atoms with E-state index in [9.17, 15) is 4.79 Å². The molecule has 0 fully saturated rings. The van der Waals surface area contributed by atoms with Crippen molar-refractivity contribution < 1.29 is 9.32 Å². The molecule has 2 rings (SSSR count). The Hall–Kier alpha value is -2.37. The van der Waals surface area contributed by atoms with Gasteiger partial charge in [0.15, 0.2) is 5.82 Å². The average molecular weight is 274 g/mol. The van der Waals surface area contributed by atoms with Crippen molar-refractivity contribution in [3.63, 3.8) is 0 Å². The lowest BCUT2D eigenvalue weighted by Crippen LogP contribution is -2.29. The predicted molar refractivity (Wildman–Crippen MR) is 77.3 cm³/mol. The molecule has 0 aliphatic carbocycles. The van der Waals surface area contributed by atoms with E-state index in [1.54, 1.807) is 38.1 Å². The number of carbonyl (C=O) groups excluding carboxylic acids is 1. The number of anilines is 2. The van der Waals surface area contributed by atoms with Gasteiger partial charge in [0, 0.05) is 27.3 Å². The van der Waals surface area contributed by atoms with Crippen molar-refractivity contribution in [1.29, 1.82) is 0 Å². The fourth-order valence-corrected chi connectivity index (χ4v) is 2.06. The summed E-state index contributed by atoms with van der Waals surface area (Å²) in [6, 6.07) is 3.66. The molecular weight excluding hydrogens is 256 g/mol. The fourth-order valence-electron chi connectivity index (χ4n) is 2.06. The van der Waals surface area contributed by atoms with E-state index >= 15 is 0 Å². The predicted octanol–water partition coefficient (Wildman–Crippen LogP) is 2.03. The number of rotatable bonds is 3. The average Bonchev–Trinajstić information content (AvgIpc) is 2.76. The molecule has 0 saturated carbocycles. The van der Waals surface area contributed by atoms with Crippen LogP contribution in [0.25, 0.3) is 0 Å². The summed E-state index contributed by atoms with van der Waals surface area (Å²) in [6.45, 7) is 3.49. The van der Waals surface area contributed by atoms with Crippen LogP contribution in [-0.2, 0) is 0 Å². The Morgan fingerprint density at radius 3 is 2.50 bits per heavy atom. The molecule has 6 heteroatoms. The highest BCUT2D eigenvalue weighted by molar-refractivity contribution is 6.08. The molecule has 0 atom stereocenters. The van der Waals surface area contributed by atoms with Crippen LogP contribution in [0, 0.1) is 13.8 Å². The molecule has 2 heterocycles. The van der Waals surface area contributed by atoms with E-state index in [1.165, 1.54) is 0 Å². The summed E-state index contributed by atoms with van der Waals surface area (Å²) < 4.78 is 5.06. The van der Waals surface area contributed by atoms with Crippen LogP contribution in [0.4, 0.5) is 11.5 Å². The van der Waals surface area contributed by atoms with Crippen LogP contribution in [0.5, 0.6) is 0 Å². The van der Waals surface area contributed by atoms with E-state index in [-0.39, 0.29) is 5.91 Å². The summed E-state index contributed by atoms with van der Waals surface area (Å²) in [4.78, 5) is 20.3. The van der Waals surface area contributed by atoms with E-state index in [1.807, 2.05) is 25.1 Å². The largest absolute Gasteiger partial charge is 0.361 e. The van der Waals surface area contributed by atoms with E-state index in [2.05, 4.69) is 10.1 Å². The summed E-state index contributed by atoms with van der Waals surface area (Å²) in [7, 11) is 5.50. The van der Waals surface area contributed by atoms with Crippen molar-refractivity contribution in [3.05, 3.63) is 35.3 Å². The Bertz CT molecular complexity index is 614. The normalized spacial score (nSPS) is 10.4. The lowest BCUT2D eigenvalue weighted by Gasteiger charge is -2.23. The lowest BCUT2D eigenvalue weighted by atomic mass is 10.1. The van der Waals surface area contributed by atoms with Gasteiger partial charge in [-0.1, -0.05) is 5.16 Å². The zero-order valence-corrected chi connectivity index (χ0v) is 12.3. The first-order valence-electron chi connectivity index (χ1n) is 6.26. The molecular formula is C14H18N4O2. The quantitative estimate of drug-likeness (QED) is 0.857. The first kappa shape index (κ1) is 14.0. The second-order valence-corrected chi connectivity index (χ2v) is 4.80. The standard InChI is InChI=1S/C14H18N4O2/c1-9-12(10(2)20-16-9)14(19)18(5)11-7-6-8-15-13(11)17(3)4/h6-8H,1-5H3. The molecule has 1 amide bonds. The third-order valence-electron chi connectivity index (χ3n) is 3.10. The minimum Gasteiger partial charge on any atom is -0.361 e. The smallest absolute Gasteiger partial charge is 0.263 e. The molecule has 2 aromatic heterocycles. The molecule has 0 saturated heterocycles. The highest BCUT2D eigenvalue weighted by Gasteiger charge is 2.24. The van der Waals surface area contributed by atoms with Gasteiger partial charge >= 0.3 is 0 Å². The Balaban J connectivity index is 2.42. The monoisotopic (exact) mass is 274 g/mol. The zero-order valence-electron chi connectivity index (χ0n) is 12.3. The van der Waals surface area contributed by atoms with Gasteiger partial charge in [-0.05, 0) is 26.0 Å². The van der Waals surface area contributed by atoms with Gasteiger partial charge in [0.05, 0.1) is 11.4 Å². The number of pyridine rings is 1. The van der Waals surface area contributed by atoms with Gasteiger partial charge in [0.25, 0.3) is 5.91 Å². The van der Waals surface area contributed by atoms with Gasteiger partial charge < -0.3 is 14.3 Å². The topological polar surface area (TPSA) is 62.5 Å². The molecule has 0 aromatic carbocycles. The number of hydrogen-bond acceptors (Lipinski definition) is 5. The number of aryl methyl sites for hydroxylation is 2. The maximum Gasteiger partial charge on any atom is 0.263 e. The van der Waals surface area contributed by atoms with Gasteiger partial charge in [-0.3, -0.25) is 4.79 Å². The van der Waals surface area contributed by atoms with Crippen molar-refractivity contribution in [1.82, 2.24) is 10.1 Å². The Morgan fingerprint density at radius 2 is 1.95 bits per heavy atom. The summed E-state index contributed by atoms with van der Waals surface area (Å²) in [5.74, 6) is 1.10. The molecule has 20 heavy (non-hydrogen) atoms. The van der Waals surface area contributed by atoms with Crippen LogP contribution in [0.2, 0.25) is 0 Å². The van der Waals surface area contributed by atoms with E-state index in [4.69, 9.17) is 4.52 Å². The van der Waals surface area contributed by atoms with E-state index < -0.39 is 0 Å². The van der Waals surface area contributed by atoms with Crippen LogP contribution >= 0.6 is 0 Å². The van der Waals surface area contributed by atoms with Crippen LogP contribution in [0.15, 0.2) is 22.9 Å². The van der Waals surface area contributed by atoms with Gasteiger partial charge in [-0.2, -0.15) is 0 Å². The second-order valence-electron chi connectivity index (χ2n) is 4.80. The summed E-state index contributed by atoms with van der Waals surface area (Å²) in [5, 5.41) is 3.82. The third kappa shape index (κ3) is 2.36. The van der Waals surface area contributed by atoms with Crippen LogP contribution in [0.1, 0.15) is 21.8 Å². The maximum atomic E-state index is 12.6. The number of nitrogens with zero attached hydrogens (tertiary/aromatic N) is 4. The highest BCUT2D eigenvalue weighted by Crippen LogP contribution is 2.26. The second kappa shape index (κ2) is 5.32. The van der Waals surface area contributed by atoms with E-state index in [0.717, 1.165) is 11.5 Å². The first-order chi connectivity index (χ1) is 9.43. The summed E-state index contributed by atoms with van der Waals surface area (Å²) >= 11 is 0. The molecule has 0 bridgehead atoms. The maximum absolute atomic E-state index is 12.6. The molecule has 0 unspecified atom stereocenters. The Kier molecular flexibility index (Phi) is 3.74. The first-order valence-corrected chi connectivity index (χ1v) is 6.26. The van der Waals surface area contributed by atoms with Crippen molar-refractivity contribution in [2.45, 2.75) is 13.8 Å². The molecule has 6 nitrogen and oxygen atoms in total. The number of carbonyl (C=O) groups is 1. The fraction of sp³-hybridized carbons (Fsp3) is 0.357. The van der Waals surface area contributed by atoms with Crippen LogP contribution in [0.3, 0.4) is 0 Å². The minimum atomic E-state index is -0.155. The molecule has 2 aromatic rings. The van der Waals surface area contributed by atoms with Crippen LogP contribution < -0.4 is 9.80 Å². The number of hydrogen-bond donors (Lipinski definition) is 0. The SMILES string of the molecule is Cc1noc(C)c1C(=O)N(C)c1cccnc1N(C)C. The highest BCUT2D eigenvalue weighted by atomic mass is 16.5. The molecule has 0 N–H and O–H groups in total. The van der Waals surface area contributed by atoms with Gasteiger partial charge in [-0.25, -0.2) is 4.98 Å². The van der Waals surface area contributed by atoms with Crippen molar-refractivity contribution >= 4 is 17.4 Å². The summed E-state index contributed by atoms with van der Waals surface area (Å²) in [5.41, 5.74) is 1.83. The zero-order chi connectivity index (χ0) is 14.9. The lowest BCUT2D eigenvalue weighted by molar-refractivity contribution is 0.0991. The Labute approximate surface area is 118 Å².